The second kappa shape index (κ2) is 10.5. The smallest absolute Gasteiger partial charge is 0.269 e. The van der Waals surface area contributed by atoms with Crippen molar-refractivity contribution in [3.63, 3.8) is 0 Å². The number of carbonyl (C=O) groups excluding carboxylic acids is 2. The molecule has 2 aromatic rings. The molecule has 0 aliphatic heterocycles. The van der Waals surface area contributed by atoms with Crippen molar-refractivity contribution in [3.8, 4) is 17.2 Å². The molecule has 0 atom stereocenters. The largest absolute Gasteiger partial charge is 0.493 e. The summed E-state index contributed by atoms with van der Waals surface area (Å²) in [5.74, 6) is 0.308. The van der Waals surface area contributed by atoms with Gasteiger partial charge in [-0.25, -0.2) is 0 Å². The molecule has 0 aromatic heterocycles. The van der Waals surface area contributed by atoms with Crippen LogP contribution in [-0.4, -0.2) is 52.1 Å². The topological polar surface area (TPSA) is 77.1 Å². The summed E-state index contributed by atoms with van der Waals surface area (Å²) in [5.41, 5.74) is 0.833. The van der Waals surface area contributed by atoms with Crippen molar-refractivity contribution < 1.29 is 23.8 Å². The molecule has 0 saturated heterocycles. The number of ether oxygens (including phenoxy) is 3. The SMILES string of the molecule is COc1ccc(/C=C(\NC(=O)c2cc(I)ccc2Cl)C(=O)N(C)C)c(OC)c1OC. The van der Waals surface area contributed by atoms with Gasteiger partial charge in [0.05, 0.1) is 31.9 Å². The van der Waals surface area contributed by atoms with Crippen molar-refractivity contribution in [3.05, 3.63) is 55.7 Å². The Bertz CT molecular complexity index is 992. The lowest BCUT2D eigenvalue weighted by molar-refractivity contribution is -0.124. The van der Waals surface area contributed by atoms with E-state index in [1.165, 1.54) is 32.3 Å². The fraction of sp³-hybridized carbons (Fsp3) is 0.238. The first-order chi connectivity index (χ1) is 14.2. The van der Waals surface area contributed by atoms with Crippen LogP contribution in [0.5, 0.6) is 17.2 Å². The Kier molecular flexibility index (Phi) is 8.36. The lowest BCUT2D eigenvalue weighted by Gasteiger charge is -2.17. The normalized spacial score (nSPS) is 11.0. The average molecular weight is 545 g/mol. The van der Waals surface area contributed by atoms with Crippen molar-refractivity contribution in [1.82, 2.24) is 10.2 Å². The monoisotopic (exact) mass is 544 g/mol. The summed E-state index contributed by atoms with van der Waals surface area (Å²) in [5, 5.41) is 2.95. The molecule has 2 rings (SSSR count). The number of amides is 2. The lowest BCUT2D eigenvalue weighted by Crippen LogP contribution is -2.34. The third-order valence-corrected chi connectivity index (χ3v) is 5.09. The first kappa shape index (κ1) is 23.8. The molecule has 0 fully saturated rings. The second-order valence-corrected chi connectivity index (χ2v) is 7.91. The molecule has 0 radical (unpaired) electrons. The number of likely N-dealkylation sites (N-methyl/N-ethyl adjacent to an activating group) is 1. The predicted molar refractivity (Wildman–Crippen MR) is 124 cm³/mol. The third-order valence-electron chi connectivity index (χ3n) is 4.09. The maximum absolute atomic E-state index is 12.8. The molecule has 0 saturated carbocycles. The van der Waals surface area contributed by atoms with Gasteiger partial charge in [-0.05, 0) is 59.0 Å². The van der Waals surface area contributed by atoms with Gasteiger partial charge in [0.1, 0.15) is 5.70 Å². The van der Waals surface area contributed by atoms with Crippen LogP contribution >= 0.6 is 34.2 Å². The van der Waals surface area contributed by atoms with E-state index in [9.17, 15) is 9.59 Å². The van der Waals surface area contributed by atoms with Crippen LogP contribution in [-0.2, 0) is 4.79 Å². The van der Waals surface area contributed by atoms with Crippen molar-refractivity contribution in [2.45, 2.75) is 0 Å². The molecule has 0 aliphatic rings. The van der Waals surface area contributed by atoms with Gasteiger partial charge >= 0.3 is 0 Å². The van der Waals surface area contributed by atoms with E-state index in [1.54, 1.807) is 44.4 Å². The lowest BCUT2D eigenvalue weighted by atomic mass is 10.1. The van der Waals surface area contributed by atoms with Gasteiger partial charge < -0.3 is 24.4 Å². The van der Waals surface area contributed by atoms with Crippen molar-refractivity contribution >= 4 is 52.1 Å². The Balaban J connectivity index is 2.55. The van der Waals surface area contributed by atoms with Gasteiger partial charge in [0.15, 0.2) is 11.5 Å². The molecule has 30 heavy (non-hydrogen) atoms. The standard InChI is InChI=1S/C21H22ClIN2O5/c1-25(2)21(27)16(24-20(26)14-11-13(23)7-8-15(14)22)10-12-6-9-17(28-3)19(30-5)18(12)29-4/h6-11H,1-5H3,(H,24,26)/b16-10-. The number of nitrogens with one attached hydrogen (secondary N) is 1. The quantitative estimate of drug-likeness (QED) is 0.424. The maximum Gasteiger partial charge on any atom is 0.269 e. The molecule has 7 nitrogen and oxygen atoms in total. The van der Waals surface area contributed by atoms with E-state index in [-0.39, 0.29) is 16.3 Å². The summed E-state index contributed by atoms with van der Waals surface area (Å²) in [6.45, 7) is 0. The van der Waals surface area contributed by atoms with Crippen molar-refractivity contribution in [2.24, 2.45) is 0 Å². The number of rotatable bonds is 7. The molecular formula is C21H22ClIN2O5. The predicted octanol–water partition coefficient (Wildman–Crippen LogP) is 3.83. The molecule has 0 bridgehead atoms. The second-order valence-electron chi connectivity index (χ2n) is 6.26. The maximum atomic E-state index is 12.8. The molecule has 9 heteroatoms. The van der Waals surface area contributed by atoms with Crippen LogP contribution in [0.15, 0.2) is 36.0 Å². The van der Waals surface area contributed by atoms with E-state index in [4.69, 9.17) is 25.8 Å². The Morgan fingerprint density at radius 1 is 1.03 bits per heavy atom. The highest BCUT2D eigenvalue weighted by Gasteiger charge is 2.21. The minimum Gasteiger partial charge on any atom is -0.493 e. The van der Waals surface area contributed by atoms with Gasteiger partial charge in [-0.1, -0.05) is 11.6 Å². The van der Waals surface area contributed by atoms with Crippen LogP contribution in [0.25, 0.3) is 6.08 Å². The van der Waals surface area contributed by atoms with E-state index in [2.05, 4.69) is 27.9 Å². The number of methoxy groups -OCH3 is 3. The number of hydrogen-bond acceptors (Lipinski definition) is 5. The Hall–Kier alpha value is -2.46. The summed E-state index contributed by atoms with van der Waals surface area (Å²) < 4.78 is 17.0. The fourth-order valence-corrected chi connectivity index (χ4v) is 3.34. The summed E-state index contributed by atoms with van der Waals surface area (Å²) in [6.07, 6.45) is 1.52. The Morgan fingerprint density at radius 3 is 2.27 bits per heavy atom. The molecule has 1 N–H and O–H groups in total. The van der Waals surface area contributed by atoms with E-state index in [1.807, 2.05) is 0 Å². The van der Waals surface area contributed by atoms with E-state index in [0.717, 1.165) is 3.57 Å². The molecule has 2 aromatic carbocycles. The highest BCUT2D eigenvalue weighted by Crippen LogP contribution is 2.40. The van der Waals surface area contributed by atoms with Crippen LogP contribution in [0.1, 0.15) is 15.9 Å². The number of benzene rings is 2. The van der Waals surface area contributed by atoms with Crippen LogP contribution in [0.2, 0.25) is 5.02 Å². The van der Waals surface area contributed by atoms with E-state index in [0.29, 0.717) is 22.8 Å². The van der Waals surface area contributed by atoms with Gasteiger partial charge in [0.25, 0.3) is 11.8 Å². The van der Waals surface area contributed by atoms with Gasteiger partial charge in [-0.3, -0.25) is 9.59 Å². The molecule has 0 aliphatic carbocycles. The number of hydrogen-bond donors (Lipinski definition) is 1. The highest BCUT2D eigenvalue weighted by atomic mass is 127. The van der Waals surface area contributed by atoms with E-state index >= 15 is 0 Å². The van der Waals surface area contributed by atoms with Crippen LogP contribution in [0.4, 0.5) is 0 Å². The van der Waals surface area contributed by atoms with Crippen LogP contribution in [0.3, 0.4) is 0 Å². The zero-order valence-corrected chi connectivity index (χ0v) is 20.1. The van der Waals surface area contributed by atoms with Gasteiger partial charge in [-0.2, -0.15) is 0 Å². The summed E-state index contributed by atoms with van der Waals surface area (Å²) in [6, 6.07) is 8.45. The van der Waals surface area contributed by atoms with Crippen molar-refractivity contribution in [1.29, 1.82) is 0 Å². The average Bonchev–Trinajstić information content (AvgIpc) is 2.73. The molecule has 0 heterocycles. The number of halogens is 2. The molecule has 0 spiro atoms. The van der Waals surface area contributed by atoms with Gasteiger partial charge in [0, 0.05) is 23.2 Å². The Morgan fingerprint density at radius 2 is 1.70 bits per heavy atom. The number of nitrogens with zero attached hydrogens (tertiary/aromatic N) is 1. The zero-order valence-electron chi connectivity index (χ0n) is 17.2. The zero-order chi connectivity index (χ0) is 22.4. The van der Waals surface area contributed by atoms with Crippen LogP contribution in [0, 0.1) is 3.57 Å². The van der Waals surface area contributed by atoms with Gasteiger partial charge in [-0.15, -0.1) is 0 Å². The fourth-order valence-electron chi connectivity index (χ4n) is 2.65. The van der Waals surface area contributed by atoms with Crippen molar-refractivity contribution in [2.75, 3.05) is 35.4 Å². The van der Waals surface area contributed by atoms with Gasteiger partial charge in [0.2, 0.25) is 5.75 Å². The molecule has 160 valence electrons. The first-order valence-electron chi connectivity index (χ1n) is 8.72. The minimum absolute atomic E-state index is 0.0467. The first-order valence-corrected chi connectivity index (χ1v) is 10.2. The minimum atomic E-state index is -0.501. The summed E-state index contributed by atoms with van der Waals surface area (Å²) >= 11 is 8.25. The Labute approximate surface area is 194 Å². The molecule has 0 unspecified atom stereocenters. The van der Waals surface area contributed by atoms with E-state index < -0.39 is 11.8 Å². The van der Waals surface area contributed by atoms with Crippen LogP contribution < -0.4 is 19.5 Å². The molecular weight excluding hydrogens is 523 g/mol. The summed E-state index contributed by atoms with van der Waals surface area (Å²) in [7, 11) is 7.66. The summed E-state index contributed by atoms with van der Waals surface area (Å²) in [4.78, 5) is 26.9. The molecule has 2 amide bonds. The third kappa shape index (κ3) is 5.37. The highest BCUT2D eigenvalue weighted by molar-refractivity contribution is 14.1. The number of carbonyl (C=O) groups is 2.